The van der Waals surface area contributed by atoms with Crippen LogP contribution in [0.15, 0.2) is 11.6 Å². The minimum absolute atomic E-state index is 0.692. The van der Waals surface area contributed by atoms with Crippen LogP contribution in [0.5, 0.6) is 0 Å². The molecule has 0 atom stereocenters. The van der Waals surface area contributed by atoms with Crippen molar-refractivity contribution in [2.75, 3.05) is 19.6 Å². The lowest BCUT2D eigenvalue weighted by Crippen LogP contribution is -2.15. The highest BCUT2D eigenvalue weighted by atomic mass is 14.8. The van der Waals surface area contributed by atoms with E-state index in [2.05, 4.69) is 25.2 Å². The Hall–Kier alpha value is -0.340. The van der Waals surface area contributed by atoms with Crippen LogP contribution in [0.25, 0.3) is 0 Å². The van der Waals surface area contributed by atoms with Crippen LogP contribution in [0.2, 0.25) is 0 Å². The molecule has 0 aromatic rings. The number of allylic oxidation sites excluding steroid dienone is 1. The average molecular weight is 198 g/mol. The summed E-state index contributed by atoms with van der Waals surface area (Å²) in [6.45, 7) is 7.39. The first-order valence-electron chi connectivity index (χ1n) is 5.93. The van der Waals surface area contributed by atoms with Gasteiger partial charge in [0.1, 0.15) is 0 Å². The summed E-state index contributed by atoms with van der Waals surface area (Å²) in [5, 5.41) is 3.42. The van der Waals surface area contributed by atoms with E-state index >= 15 is 0 Å². The first kappa shape index (κ1) is 13.7. The molecule has 0 unspecified atom stereocenters. The van der Waals surface area contributed by atoms with Crippen LogP contribution in [0.1, 0.15) is 46.0 Å². The highest BCUT2D eigenvalue weighted by molar-refractivity contribution is 5.02. The SMILES string of the molecule is CCCNCCC/C(=C\CN)CCC. The number of nitrogens with one attached hydrogen (secondary N) is 1. The summed E-state index contributed by atoms with van der Waals surface area (Å²) in [5.41, 5.74) is 7.06. The molecule has 0 saturated heterocycles. The van der Waals surface area contributed by atoms with Crippen LogP contribution in [-0.4, -0.2) is 19.6 Å². The summed E-state index contributed by atoms with van der Waals surface area (Å²) >= 11 is 0. The van der Waals surface area contributed by atoms with Crippen molar-refractivity contribution < 1.29 is 0 Å². The molecule has 0 heterocycles. The predicted octanol–water partition coefficient (Wildman–Crippen LogP) is 2.45. The van der Waals surface area contributed by atoms with Gasteiger partial charge in [0.2, 0.25) is 0 Å². The molecule has 0 saturated carbocycles. The Balaban J connectivity index is 3.46. The smallest absolute Gasteiger partial charge is 0.0109 e. The van der Waals surface area contributed by atoms with E-state index in [9.17, 15) is 0 Å². The van der Waals surface area contributed by atoms with Crippen molar-refractivity contribution in [3.05, 3.63) is 11.6 Å². The van der Waals surface area contributed by atoms with Crippen molar-refractivity contribution in [3.8, 4) is 0 Å². The van der Waals surface area contributed by atoms with E-state index in [4.69, 9.17) is 5.73 Å². The third kappa shape index (κ3) is 8.27. The third-order valence-electron chi connectivity index (χ3n) is 2.26. The molecule has 0 amide bonds. The Morgan fingerprint density at radius 1 is 1.14 bits per heavy atom. The fourth-order valence-electron chi connectivity index (χ4n) is 1.56. The molecule has 0 radical (unpaired) electrons. The zero-order chi connectivity index (χ0) is 10.6. The lowest BCUT2D eigenvalue weighted by molar-refractivity contribution is 0.630. The van der Waals surface area contributed by atoms with E-state index in [0.29, 0.717) is 6.54 Å². The second kappa shape index (κ2) is 10.7. The van der Waals surface area contributed by atoms with Gasteiger partial charge in [0.25, 0.3) is 0 Å². The van der Waals surface area contributed by atoms with E-state index in [-0.39, 0.29) is 0 Å². The summed E-state index contributed by atoms with van der Waals surface area (Å²) in [7, 11) is 0. The zero-order valence-corrected chi connectivity index (χ0v) is 9.81. The van der Waals surface area contributed by atoms with Crippen molar-refractivity contribution in [2.45, 2.75) is 46.0 Å². The van der Waals surface area contributed by atoms with E-state index in [1.54, 1.807) is 0 Å². The molecule has 2 heteroatoms. The van der Waals surface area contributed by atoms with Crippen LogP contribution in [-0.2, 0) is 0 Å². The monoisotopic (exact) mass is 198 g/mol. The second-order valence-electron chi connectivity index (χ2n) is 3.70. The molecule has 0 aromatic heterocycles. The van der Waals surface area contributed by atoms with Crippen molar-refractivity contribution in [1.82, 2.24) is 5.32 Å². The lowest BCUT2D eigenvalue weighted by Gasteiger charge is -2.06. The maximum atomic E-state index is 5.52. The van der Waals surface area contributed by atoms with Gasteiger partial charge in [-0.1, -0.05) is 31.9 Å². The van der Waals surface area contributed by atoms with Gasteiger partial charge in [-0.3, -0.25) is 0 Å². The molecule has 0 bridgehead atoms. The maximum absolute atomic E-state index is 5.52. The summed E-state index contributed by atoms with van der Waals surface area (Å²) < 4.78 is 0. The Morgan fingerprint density at radius 2 is 1.93 bits per heavy atom. The highest BCUT2D eigenvalue weighted by Crippen LogP contribution is 2.10. The lowest BCUT2D eigenvalue weighted by atomic mass is 10.0. The molecule has 3 N–H and O–H groups in total. The van der Waals surface area contributed by atoms with Crippen LogP contribution in [0.3, 0.4) is 0 Å². The van der Waals surface area contributed by atoms with Crippen LogP contribution < -0.4 is 11.1 Å². The molecular weight excluding hydrogens is 172 g/mol. The molecule has 0 fully saturated rings. The number of hydrogen-bond donors (Lipinski definition) is 2. The minimum atomic E-state index is 0.692. The molecule has 84 valence electrons. The fourth-order valence-corrected chi connectivity index (χ4v) is 1.56. The Labute approximate surface area is 89.0 Å². The van der Waals surface area contributed by atoms with Gasteiger partial charge in [0.05, 0.1) is 0 Å². The van der Waals surface area contributed by atoms with Gasteiger partial charge in [-0.2, -0.15) is 0 Å². The molecule has 0 aliphatic rings. The molecule has 0 aliphatic carbocycles. The topological polar surface area (TPSA) is 38.0 Å². The number of hydrogen-bond acceptors (Lipinski definition) is 2. The predicted molar refractivity (Wildman–Crippen MR) is 64.4 cm³/mol. The largest absolute Gasteiger partial charge is 0.327 e. The van der Waals surface area contributed by atoms with E-state index < -0.39 is 0 Å². The second-order valence-corrected chi connectivity index (χ2v) is 3.70. The minimum Gasteiger partial charge on any atom is -0.327 e. The van der Waals surface area contributed by atoms with Crippen molar-refractivity contribution in [3.63, 3.8) is 0 Å². The van der Waals surface area contributed by atoms with Crippen molar-refractivity contribution >= 4 is 0 Å². The summed E-state index contributed by atoms with van der Waals surface area (Å²) in [4.78, 5) is 0. The summed E-state index contributed by atoms with van der Waals surface area (Å²) in [6, 6.07) is 0. The summed E-state index contributed by atoms with van der Waals surface area (Å²) in [5.74, 6) is 0. The Morgan fingerprint density at radius 3 is 2.50 bits per heavy atom. The van der Waals surface area contributed by atoms with Gasteiger partial charge in [-0.15, -0.1) is 0 Å². The van der Waals surface area contributed by atoms with Crippen molar-refractivity contribution in [2.24, 2.45) is 5.73 Å². The molecule has 0 rings (SSSR count). The normalized spacial score (nSPS) is 12.1. The average Bonchev–Trinajstić information content (AvgIpc) is 2.18. The Bertz CT molecular complexity index is 141. The maximum Gasteiger partial charge on any atom is 0.0109 e. The Kier molecular flexibility index (Phi) is 10.5. The molecule has 0 aromatic carbocycles. The fraction of sp³-hybridized carbons (Fsp3) is 0.833. The van der Waals surface area contributed by atoms with Gasteiger partial charge >= 0.3 is 0 Å². The van der Waals surface area contributed by atoms with Crippen molar-refractivity contribution in [1.29, 1.82) is 0 Å². The number of nitrogens with two attached hydrogens (primary N) is 1. The number of rotatable bonds is 9. The van der Waals surface area contributed by atoms with Gasteiger partial charge in [-0.05, 0) is 38.8 Å². The van der Waals surface area contributed by atoms with E-state index in [1.165, 1.54) is 37.7 Å². The first-order valence-corrected chi connectivity index (χ1v) is 5.93. The quantitative estimate of drug-likeness (QED) is 0.441. The van der Waals surface area contributed by atoms with Gasteiger partial charge in [-0.25, -0.2) is 0 Å². The molecule has 14 heavy (non-hydrogen) atoms. The molecule has 0 aliphatic heterocycles. The van der Waals surface area contributed by atoms with E-state index in [1.807, 2.05) is 0 Å². The van der Waals surface area contributed by atoms with Gasteiger partial charge in [0, 0.05) is 6.54 Å². The van der Waals surface area contributed by atoms with Gasteiger partial charge < -0.3 is 11.1 Å². The van der Waals surface area contributed by atoms with Crippen LogP contribution in [0.4, 0.5) is 0 Å². The highest BCUT2D eigenvalue weighted by Gasteiger charge is 1.95. The molecule has 2 nitrogen and oxygen atoms in total. The standard InChI is InChI=1S/C12H26N2/c1-3-6-12(8-9-13)7-5-11-14-10-4-2/h8,14H,3-7,9-11,13H2,1-2H3/b12-8-. The first-order chi connectivity index (χ1) is 6.85. The molecular formula is C12H26N2. The molecule has 0 spiro atoms. The third-order valence-corrected chi connectivity index (χ3v) is 2.26. The zero-order valence-electron chi connectivity index (χ0n) is 9.81. The van der Waals surface area contributed by atoms with Gasteiger partial charge in [0.15, 0.2) is 0 Å². The van der Waals surface area contributed by atoms with Crippen LogP contribution in [0, 0.1) is 0 Å². The van der Waals surface area contributed by atoms with E-state index in [0.717, 1.165) is 13.1 Å². The van der Waals surface area contributed by atoms with Crippen LogP contribution >= 0.6 is 0 Å². The summed E-state index contributed by atoms with van der Waals surface area (Å²) in [6.07, 6.45) is 8.30.